The minimum atomic E-state index is -3.20. The summed E-state index contributed by atoms with van der Waals surface area (Å²) in [7, 11) is -3.20. The largest absolute Gasteiger partial charge is 0.392 e. The van der Waals surface area contributed by atoms with Crippen molar-refractivity contribution in [3.05, 3.63) is 35.4 Å². The molecule has 0 heterocycles. The second-order valence-corrected chi connectivity index (χ2v) is 6.61. The Morgan fingerprint density at radius 3 is 2.26 bits per heavy atom. The molecule has 0 amide bonds. The molecule has 0 aliphatic heterocycles. The van der Waals surface area contributed by atoms with Crippen LogP contribution in [0.25, 0.3) is 0 Å². The van der Waals surface area contributed by atoms with Crippen LogP contribution in [0.3, 0.4) is 0 Å². The molecule has 3 N–H and O–H groups in total. The highest BCUT2D eigenvalue weighted by Crippen LogP contribution is 2.14. The highest BCUT2D eigenvalue weighted by Gasteiger charge is 2.10. The monoisotopic (exact) mass is 286 g/mol. The average Bonchev–Trinajstić information content (AvgIpc) is 2.27. The average molecular weight is 286 g/mol. The molecule has 0 saturated heterocycles. The van der Waals surface area contributed by atoms with Gasteiger partial charge in [0.05, 0.1) is 12.4 Å². The fraction of sp³-hybridized carbons (Fsp3) is 0.538. The highest BCUT2D eigenvalue weighted by molar-refractivity contribution is 7.88. The van der Waals surface area contributed by atoms with Crippen LogP contribution in [0.4, 0.5) is 0 Å². The Kier molecular flexibility index (Phi) is 5.93. The summed E-state index contributed by atoms with van der Waals surface area (Å²) in [6.07, 6.45) is 0.788. The standard InChI is InChI=1S/C13H22N2O3S/c1-10(16)8-14-9-12-4-6-13(7-5-12)11(2)15-19(3,17)18/h4-7,10-11,14-16H,8-9H2,1-3H3/t10-,11-/m1/s1. The zero-order valence-corrected chi connectivity index (χ0v) is 12.4. The topological polar surface area (TPSA) is 78.4 Å². The molecule has 0 aliphatic carbocycles. The molecule has 1 aromatic rings. The number of hydrogen-bond donors (Lipinski definition) is 3. The number of aliphatic hydroxyl groups is 1. The van der Waals surface area contributed by atoms with Gasteiger partial charge in [-0.3, -0.25) is 0 Å². The van der Waals surface area contributed by atoms with E-state index >= 15 is 0 Å². The maximum Gasteiger partial charge on any atom is 0.209 e. The van der Waals surface area contributed by atoms with Gasteiger partial charge in [-0.15, -0.1) is 0 Å². The Morgan fingerprint density at radius 2 is 1.79 bits per heavy atom. The van der Waals surface area contributed by atoms with Gasteiger partial charge in [-0.2, -0.15) is 0 Å². The van der Waals surface area contributed by atoms with Crippen molar-refractivity contribution in [1.29, 1.82) is 0 Å². The molecular weight excluding hydrogens is 264 g/mol. The number of sulfonamides is 1. The van der Waals surface area contributed by atoms with E-state index in [-0.39, 0.29) is 12.1 Å². The summed E-state index contributed by atoms with van der Waals surface area (Å²) in [5.41, 5.74) is 2.01. The summed E-state index contributed by atoms with van der Waals surface area (Å²) in [5, 5.41) is 12.3. The fourth-order valence-corrected chi connectivity index (χ4v) is 2.52. The molecule has 2 atom stereocenters. The lowest BCUT2D eigenvalue weighted by Gasteiger charge is -2.13. The van der Waals surface area contributed by atoms with E-state index in [0.717, 1.165) is 17.4 Å². The summed E-state index contributed by atoms with van der Waals surface area (Å²) in [4.78, 5) is 0. The van der Waals surface area contributed by atoms with E-state index in [0.29, 0.717) is 13.1 Å². The van der Waals surface area contributed by atoms with Crippen LogP contribution in [0.15, 0.2) is 24.3 Å². The molecule has 1 rings (SSSR count). The van der Waals surface area contributed by atoms with Gasteiger partial charge >= 0.3 is 0 Å². The zero-order valence-electron chi connectivity index (χ0n) is 11.6. The molecule has 0 aliphatic rings. The first-order valence-electron chi connectivity index (χ1n) is 6.23. The quantitative estimate of drug-likeness (QED) is 0.692. The third-order valence-corrected chi connectivity index (χ3v) is 3.42. The van der Waals surface area contributed by atoms with Gasteiger partial charge in [-0.25, -0.2) is 13.1 Å². The van der Waals surface area contributed by atoms with Gasteiger partial charge in [-0.05, 0) is 25.0 Å². The number of nitrogens with one attached hydrogen (secondary N) is 2. The van der Waals surface area contributed by atoms with Crippen LogP contribution < -0.4 is 10.0 Å². The van der Waals surface area contributed by atoms with Crippen molar-refractivity contribution in [2.75, 3.05) is 12.8 Å². The molecule has 1 aromatic carbocycles. The van der Waals surface area contributed by atoms with Crippen LogP contribution in [-0.2, 0) is 16.6 Å². The van der Waals surface area contributed by atoms with Crippen LogP contribution in [0.2, 0.25) is 0 Å². The Morgan fingerprint density at radius 1 is 1.21 bits per heavy atom. The van der Waals surface area contributed by atoms with Gasteiger partial charge in [0.2, 0.25) is 10.0 Å². The van der Waals surface area contributed by atoms with Crippen LogP contribution >= 0.6 is 0 Å². The number of benzene rings is 1. The van der Waals surface area contributed by atoms with Gasteiger partial charge in [0.25, 0.3) is 0 Å². The Bertz CT molecular complexity index is 483. The second-order valence-electron chi connectivity index (χ2n) is 4.83. The van der Waals surface area contributed by atoms with Crippen LogP contribution in [0.5, 0.6) is 0 Å². The van der Waals surface area contributed by atoms with Gasteiger partial charge < -0.3 is 10.4 Å². The van der Waals surface area contributed by atoms with E-state index in [2.05, 4.69) is 10.0 Å². The summed E-state index contributed by atoms with van der Waals surface area (Å²) in [6.45, 7) is 4.77. The van der Waals surface area contributed by atoms with Gasteiger partial charge in [-0.1, -0.05) is 24.3 Å². The van der Waals surface area contributed by atoms with Gasteiger partial charge in [0, 0.05) is 19.1 Å². The Hall–Kier alpha value is -0.950. The maximum atomic E-state index is 11.1. The molecule has 0 radical (unpaired) electrons. The molecule has 0 spiro atoms. The van der Waals surface area contributed by atoms with Gasteiger partial charge in [0.1, 0.15) is 0 Å². The summed E-state index contributed by atoms with van der Waals surface area (Å²) < 4.78 is 24.8. The van der Waals surface area contributed by atoms with E-state index in [9.17, 15) is 8.42 Å². The maximum absolute atomic E-state index is 11.1. The third kappa shape index (κ3) is 6.68. The van der Waals surface area contributed by atoms with Crippen molar-refractivity contribution in [3.63, 3.8) is 0 Å². The smallest absolute Gasteiger partial charge is 0.209 e. The van der Waals surface area contributed by atoms with E-state index < -0.39 is 10.0 Å². The van der Waals surface area contributed by atoms with Crippen LogP contribution in [0.1, 0.15) is 31.0 Å². The second kappa shape index (κ2) is 7.00. The van der Waals surface area contributed by atoms with Crippen molar-refractivity contribution < 1.29 is 13.5 Å². The van der Waals surface area contributed by atoms with Crippen molar-refractivity contribution in [2.24, 2.45) is 0 Å². The van der Waals surface area contributed by atoms with Crippen molar-refractivity contribution in [1.82, 2.24) is 10.0 Å². The number of aliphatic hydroxyl groups excluding tert-OH is 1. The van der Waals surface area contributed by atoms with Crippen LogP contribution in [0, 0.1) is 0 Å². The van der Waals surface area contributed by atoms with Crippen molar-refractivity contribution >= 4 is 10.0 Å². The summed E-state index contributed by atoms with van der Waals surface area (Å²) in [6, 6.07) is 7.47. The minimum Gasteiger partial charge on any atom is -0.392 e. The molecule has 0 bridgehead atoms. The molecular formula is C13H22N2O3S. The first-order valence-corrected chi connectivity index (χ1v) is 8.12. The van der Waals surface area contributed by atoms with E-state index in [1.165, 1.54) is 0 Å². The van der Waals surface area contributed by atoms with E-state index in [4.69, 9.17) is 5.11 Å². The first kappa shape index (κ1) is 16.1. The molecule has 19 heavy (non-hydrogen) atoms. The zero-order chi connectivity index (χ0) is 14.5. The SMILES string of the molecule is C[C@@H](O)CNCc1ccc([C@@H](C)NS(C)(=O)=O)cc1. The number of rotatable bonds is 7. The molecule has 0 aromatic heterocycles. The predicted octanol–water partition coefficient (Wildman–Crippen LogP) is 0.767. The van der Waals surface area contributed by atoms with E-state index in [1.54, 1.807) is 6.92 Å². The third-order valence-electron chi connectivity index (χ3n) is 2.64. The molecule has 0 saturated carbocycles. The first-order chi connectivity index (χ1) is 8.78. The highest BCUT2D eigenvalue weighted by atomic mass is 32.2. The Balaban J connectivity index is 2.56. The minimum absolute atomic E-state index is 0.241. The fourth-order valence-electron chi connectivity index (χ4n) is 1.74. The molecule has 108 valence electrons. The van der Waals surface area contributed by atoms with E-state index in [1.807, 2.05) is 31.2 Å². The lowest BCUT2D eigenvalue weighted by atomic mass is 10.1. The van der Waals surface area contributed by atoms with Crippen molar-refractivity contribution in [2.45, 2.75) is 32.5 Å². The van der Waals surface area contributed by atoms with Gasteiger partial charge in [0.15, 0.2) is 0 Å². The summed E-state index contributed by atoms with van der Waals surface area (Å²) >= 11 is 0. The van der Waals surface area contributed by atoms with Crippen molar-refractivity contribution in [3.8, 4) is 0 Å². The van der Waals surface area contributed by atoms with Crippen LogP contribution in [-0.4, -0.2) is 32.4 Å². The molecule has 0 fully saturated rings. The lowest BCUT2D eigenvalue weighted by Crippen LogP contribution is -2.25. The lowest BCUT2D eigenvalue weighted by molar-refractivity contribution is 0.191. The molecule has 5 nitrogen and oxygen atoms in total. The molecule has 0 unspecified atom stereocenters. The predicted molar refractivity (Wildman–Crippen MR) is 76.2 cm³/mol. The number of hydrogen-bond acceptors (Lipinski definition) is 4. The summed E-state index contributed by atoms with van der Waals surface area (Å²) in [5.74, 6) is 0. The normalized spacial score (nSPS) is 15.2. The molecule has 6 heteroatoms. The Labute approximate surface area is 115 Å².